The first-order chi connectivity index (χ1) is 9.81. The van der Waals surface area contributed by atoms with E-state index in [1.165, 1.54) is 0 Å². The minimum absolute atomic E-state index is 0.318. The smallest absolute Gasteiger partial charge is 0.322 e. The van der Waals surface area contributed by atoms with Crippen LogP contribution in [0.5, 0.6) is 6.01 Å². The number of nitrogens with zero attached hydrogens (tertiary/aromatic N) is 3. The average molecular weight is 281 g/mol. The maximum absolute atomic E-state index is 5.58. The standard InChI is InChI=1S/C13H23N5O2/c1-3-7-14-11-16-12(18-13(17-11)19-2)15-8-6-10-5-4-9-20-10/h10H,3-9H2,1-2H3,(H2,14,15,16,17,18). The summed E-state index contributed by atoms with van der Waals surface area (Å²) in [6.07, 6.45) is 4.64. The van der Waals surface area contributed by atoms with Crippen LogP contribution in [0.1, 0.15) is 32.6 Å². The number of methoxy groups -OCH3 is 1. The summed E-state index contributed by atoms with van der Waals surface area (Å²) in [4.78, 5) is 12.7. The number of hydrogen-bond donors (Lipinski definition) is 2. The van der Waals surface area contributed by atoms with Crippen LogP contribution in [-0.2, 0) is 4.74 Å². The van der Waals surface area contributed by atoms with Crippen molar-refractivity contribution in [3.05, 3.63) is 0 Å². The van der Waals surface area contributed by atoms with E-state index < -0.39 is 0 Å². The highest BCUT2D eigenvalue weighted by molar-refractivity contribution is 5.35. The molecule has 1 aromatic heterocycles. The molecule has 2 heterocycles. The summed E-state index contributed by atoms with van der Waals surface area (Å²) in [5, 5.41) is 6.33. The van der Waals surface area contributed by atoms with Crippen molar-refractivity contribution in [1.29, 1.82) is 0 Å². The molecule has 0 amide bonds. The van der Waals surface area contributed by atoms with E-state index in [2.05, 4.69) is 32.5 Å². The van der Waals surface area contributed by atoms with Gasteiger partial charge in [-0.15, -0.1) is 0 Å². The zero-order valence-corrected chi connectivity index (χ0v) is 12.2. The van der Waals surface area contributed by atoms with Gasteiger partial charge in [0.2, 0.25) is 11.9 Å². The Morgan fingerprint density at radius 3 is 2.55 bits per heavy atom. The molecule has 20 heavy (non-hydrogen) atoms. The van der Waals surface area contributed by atoms with Gasteiger partial charge in [-0.3, -0.25) is 0 Å². The molecule has 112 valence electrons. The van der Waals surface area contributed by atoms with Crippen LogP contribution in [-0.4, -0.2) is 47.9 Å². The zero-order valence-electron chi connectivity index (χ0n) is 12.2. The molecule has 1 fully saturated rings. The predicted molar refractivity (Wildman–Crippen MR) is 77.2 cm³/mol. The van der Waals surface area contributed by atoms with Crippen molar-refractivity contribution < 1.29 is 9.47 Å². The fourth-order valence-corrected chi connectivity index (χ4v) is 2.06. The molecule has 2 N–H and O–H groups in total. The summed E-state index contributed by atoms with van der Waals surface area (Å²) in [6.45, 7) is 4.58. The van der Waals surface area contributed by atoms with Gasteiger partial charge in [-0.1, -0.05) is 6.92 Å². The highest BCUT2D eigenvalue weighted by Gasteiger charge is 2.15. The highest BCUT2D eigenvalue weighted by Crippen LogP contribution is 2.16. The fraction of sp³-hybridized carbons (Fsp3) is 0.769. The molecule has 0 bridgehead atoms. The fourth-order valence-electron chi connectivity index (χ4n) is 2.06. The quantitative estimate of drug-likeness (QED) is 0.750. The third kappa shape index (κ3) is 4.48. The van der Waals surface area contributed by atoms with E-state index in [1.807, 2.05) is 0 Å². The lowest BCUT2D eigenvalue weighted by atomic mass is 10.2. The third-order valence-corrected chi connectivity index (χ3v) is 3.10. The molecule has 1 aliphatic rings. The molecular formula is C13H23N5O2. The second kappa shape index (κ2) is 7.84. The summed E-state index contributed by atoms with van der Waals surface area (Å²) in [6, 6.07) is 0.318. The number of anilines is 2. The Hall–Kier alpha value is -1.63. The van der Waals surface area contributed by atoms with E-state index in [0.717, 1.165) is 45.4 Å². The van der Waals surface area contributed by atoms with Crippen molar-refractivity contribution in [1.82, 2.24) is 15.0 Å². The molecule has 7 heteroatoms. The summed E-state index contributed by atoms with van der Waals surface area (Å²) >= 11 is 0. The van der Waals surface area contributed by atoms with Gasteiger partial charge < -0.3 is 20.1 Å². The Balaban J connectivity index is 1.87. The molecule has 1 saturated heterocycles. The molecule has 0 aliphatic carbocycles. The third-order valence-electron chi connectivity index (χ3n) is 3.10. The Kier molecular flexibility index (Phi) is 5.79. The average Bonchev–Trinajstić information content (AvgIpc) is 2.98. The van der Waals surface area contributed by atoms with Crippen molar-refractivity contribution in [3.8, 4) is 6.01 Å². The molecule has 1 atom stereocenters. The van der Waals surface area contributed by atoms with E-state index in [1.54, 1.807) is 7.11 Å². The van der Waals surface area contributed by atoms with E-state index in [4.69, 9.17) is 9.47 Å². The van der Waals surface area contributed by atoms with Crippen LogP contribution >= 0.6 is 0 Å². The highest BCUT2D eigenvalue weighted by atomic mass is 16.5. The molecule has 0 saturated carbocycles. The van der Waals surface area contributed by atoms with Crippen LogP contribution in [0.2, 0.25) is 0 Å². The minimum atomic E-state index is 0.318. The van der Waals surface area contributed by atoms with E-state index >= 15 is 0 Å². The lowest BCUT2D eigenvalue weighted by Gasteiger charge is -2.11. The number of rotatable bonds is 8. The molecule has 0 radical (unpaired) electrons. The van der Waals surface area contributed by atoms with Crippen LogP contribution in [0.4, 0.5) is 11.9 Å². The summed E-state index contributed by atoms with van der Waals surface area (Å²) in [5.74, 6) is 1.08. The number of nitrogens with one attached hydrogen (secondary N) is 2. The van der Waals surface area contributed by atoms with E-state index in [9.17, 15) is 0 Å². The number of aromatic nitrogens is 3. The van der Waals surface area contributed by atoms with Crippen molar-refractivity contribution in [2.75, 3.05) is 37.4 Å². The van der Waals surface area contributed by atoms with Gasteiger partial charge in [0.1, 0.15) is 0 Å². The van der Waals surface area contributed by atoms with Gasteiger partial charge in [-0.2, -0.15) is 15.0 Å². The molecule has 0 aromatic carbocycles. The van der Waals surface area contributed by atoms with Gasteiger partial charge in [-0.25, -0.2) is 0 Å². The Labute approximate surface area is 119 Å². The second-order valence-corrected chi connectivity index (χ2v) is 4.75. The Morgan fingerprint density at radius 2 is 1.95 bits per heavy atom. The van der Waals surface area contributed by atoms with Crippen LogP contribution in [0, 0.1) is 0 Å². The Morgan fingerprint density at radius 1 is 1.20 bits per heavy atom. The largest absolute Gasteiger partial charge is 0.467 e. The van der Waals surface area contributed by atoms with Gasteiger partial charge in [0, 0.05) is 19.7 Å². The SMILES string of the molecule is CCCNc1nc(NCCC2CCCO2)nc(OC)n1. The first-order valence-electron chi connectivity index (χ1n) is 7.21. The van der Waals surface area contributed by atoms with Crippen molar-refractivity contribution >= 4 is 11.9 Å². The van der Waals surface area contributed by atoms with Crippen LogP contribution in [0.3, 0.4) is 0 Å². The maximum Gasteiger partial charge on any atom is 0.322 e. The molecule has 2 rings (SSSR count). The van der Waals surface area contributed by atoms with Gasteiger partial charge in [0.15, 0.2) is 0 Å². The van der Waals surface area contributed by atoms with Gasteiger partial charge >= 0.3 is 6.01 Å². The lowest BCUT2D eigenvalue weighted by molar-refractivity contribution is 0.107. The minimum Gasteiger partial charge on any atom is -0.467 e. The Bertz CT molecular complexity index is 410. The molecular weight excluding hydrogens is 258 g/mol. The van der Waals surface area contributed by atoms with Crippen LogP contribution in [0.25, 0.3) is 0 Å². The second-order valence-electron chi connectivity index (χ2n) is 4.75. The molecule has 1 unspecified atom stereocenters. The topological polar surface area (TPSA) is 81.2 Å². The normalized spacial score (nSPS) is 18.0. The number of hydrogen-bond acceptors (Lipinski definition) is 7. The summed E-state index contributed by atoms with van der Waals surface area (Å²) in [5.41, 5.74) is 0. The van der Waals surface area contributed by atoms with Gasteiger partial charge in [0.25, 0.3) is 0 Å². The van der Waals surface area contributed by atoms with E-state index in [0.29, 0.717) is 24.0 Å². The lowest BCUT2D eigenvalue weighted by Crippen LogP contribution is -2.15. The van der Waals surface area contributed by atoms with Crippen molar-refractivity contribution in [3.63, 3.8) is 0 Å². The summed E-state index contributed by atoms with van der Waals surface area (Å²) in [7, 11) is 1.55. The van der Waals surface area contributed by atoms with Crippen LogP contribution < -0.4 is 15.4 Å². The zero-order chi connectivity index (χ0) is 14.2. The van der Waals surface area contributed by atoms with Gasteiger partial charge in [-0.05, 0) is 25.7 Å². The van der Waals surface area contributed by atoms with Crippen LogP contribution in [0.15, 0.2) is 0 Å². The van der Waals surface area contributed by atoms with E-state index in [-0.39, 0.29) is 0 Å². The molecule has 1 aliphatic heterocycles. The van der Waals surface area contributed by atoms with Crippen molar-refractivity contribution in [2.24, 2.45) is 0 Å². The first-order valence-corrected chi connectivity index (χ1v) is 7.21. The number of ether oxygens (including phenoxy) is 2. The van der Waals surface area contributed by atoms with Crippen molar-refractivity contribution in [2.45, 2.75) is 38.7 Å². The maximum atomic E-state index is 5.58. The molecule has 7 nitrogen and oxygen atoms in total. The molecule has 0 spiro atoms. The monoisotopic (exact) mass is 281 g/mol. The summed E-state index contributed by atoms with van der Waals surface area (Å²) < 4.78 is 10.7. The predicted octanol–water partition coefficient (Wildman–Crippen LogP) is 1.68. The molecule has 1 aromatic rings. The first kappa shape index (κ1) is 14.8. The van der Waals surface area contributed by atoms with Gasteiger partial charge in [0.05, 0.1) is 13.2 Å².